The molecule has 2 rings (SSSR count). The lowest BCUT2D eigenvalue weighted by molar-refractivity contribution is 0.525. The van der Waals surface area contributed by atoms with Gasteiger partial charge in [-0.1, -0.05) is 122 Å². The lowest BCUT2D eigenvalue weighted by atomic mass is 10.0. The van der Waals surface area contributed by atoms with Gasteiger partial charge in [0.05, 0.1) is 3.79 Å². The van der Waals surface area contributed by atoms with Gasteiger partial charge in [-0.25, -0.2) is 0 Å². The largest absolute Gasteiger partial charge is 0.127 e. The minimum Gasteiger partial charge on any atom is -0.127 e. The van der Waals surface area contributed by atoms with Crippen molar-refractivity contribution in [1.29, 1.82) is 0 Å². The van der Waals surface area contributed by atoms with Crippen LogP contribution in [0.1, 0.15) is 139 Å². The molecule has 2 heterocycles. The van der Waals surface area contributed by atoms with E-state index in [0.29, 0.717) is 0 Å². The molecule has 1 aliphatic heterocycles. The number of hydrogen-bond acceptors (Lipinski definition) is 2. The molecular formula is C28H47BrS2. The number of allylic oxidation sites excluding steroid dienone is 1. The highest BCUT2D eigenvalue weighted by Crippen LogP contribution is 2.41. The SMILES string of the molecule is CCCCCCCCCCCCCCCCCCCCc1cc(C2=CCCS2)sc1Br. The van der Waals surface area contributed by atoms with E-state index in [-0.39, 0.29) is 0 Å². The van der Waals surface area contributed by atoms with Gasteiger partial charge in [-0.15, -0.1) is 23.1 Å². The van der Waals surface area contributed by atoms with Crippen LogP contribution in [-0.4, -0.2) is 5.75 Å². The minimum absolute atomic E-state index is 1.24. The van der Waals surface area contributed by atoms with Crippen LogP contribution in [-0.2, 0) is 6.42 Å². The van der Waals surface area contributed by atoms with Crippen LogP contribution in [0.25, 0.3) is 4.91 Å². The quantitative estimate of drug-likeness (QED) is 0.152. The third-order valence-electron chi connectivity index (χ3n) is 6.51. The van der Waals surface area contributed by atoms with Crippen molar-refractivity contribution in [3.05, 3.63) is 26.4 Å². The Morgan fingerprint density at radius 3 is 1.65 bits per heavy atom. The number of halogens is 1. The maximum atomic E-state index is 3.80. The molecule has 0 spiro atoms. The maximum absolute atomic E-state index is 3.80. The summed E-state index contributed by atoms with van der Waals surface area (Å²) in [5, 5.41) is 0. The Morgan fingerprint density at radius 2 is 1.19 bits per heavy atom. The number of thiophene rings is 1. The number of aryl methyl sites for hydroxylation is 1. The molecule has 0 unspecified atom stereocenters. The van der Waals surface area contributed by atoms with Gasteiger partial charge in [-0.3, -0.25) is 0 Å². The molecule has 1 aromatic heterocycles. The van der Waals surface area contributed by atoms with Crippen LogP contribution in [0.2, 0.25) is 0 Å². The van der Waals surface area contributed by atoms with E-state index in [0.717, 1.165) is 0 Å². The molecule has 0 aliphatic carbocycles. The maximum Gasteiger partial charge on any atom is 0.0737 e. The lowest BCUT2D eigenvalue weighted by Gasteiger charge is -2.04. The molecule has 0 saturated heterocycles. The normalized spacial score (nSPS) is 13.8. The third-order valence-corrected chi connectivity index (χ3v) is 9.77. The highest BCUT2D eigenvalue weighted by molar-refractivity contribution is 9.11. The Hall–Kier alpha value is 0.270. The molecule has 3 heteroatoms. The van der Waals surface area contributed by atoms with Gasteiger partial charge in [0, 0.05) is 15.5 Å². The second kappa shape index (κ2) is 18.7. The van der Waals surface area contributed by atoms with E-state index in [9.17, 15) is 0 Å². The molecule has 0 radical (unpaired) electrons. The lowest BCUT2D eigenvalue weighted by Crippen LogP contribution is -1.86. The highest BCUT2D eigenvalue weighted by atomic mass is 79.9. The van der Waals surface area contributed by atoms with Crippen LogP contribution in [0.5, 0.6) is 0 Å². The zero-order valence-corrected chi connectivity index (χ0v) is 23.4. The van der Waals surface area contributed by atoms with E-state index < -0.39 is 0 Å². The first-order valence-corrected chi connectivity index (χ1v) is 16.0. The first-order chi connectivity index (χ1) is 15.3. The molecule has 0 bridgehead atoms. The minimum atomic E-state index is 1.24. The Bertz CT molecular complexity index is 590. The summed E-state index contributed by atoms with van der Waals surface area (Å²) < 4.78 is 1.36. The van der Waals surface area contributed by atoms with Crippen molar-refractivity contribution >= 4 is 43.9 Å². The Labute approximate surface area is 210 Å². The van der Waals surface area contributed by atoms with Gasteiger partial charge >= 0.3 is 0 Å². The summed E-state index contributed by atoms with van der Waals surface area (Å²) in [5.74, 6) is 1.26. The molecule has 0 aromatic carbocycles. The number of rotatable bonds is 20. The molecule has 0 N–H and O–H groups in total. The van der Waals surface area contributed by atoms with Crippen LogP contribution in [0, 0.1) is 0 Å². The van der Waals surface area contributed by atoms with Crippen LogP contribution in [0.4, 0.5) is 0 Å². The first kappa shape index (κ1) is 27.5. The van der Waals surface area contributed by atoms with Gasteiger partial charge in [-0.2, -0.15) is 0 Å². The molecule has 0 amide bonds. The van der Waals surface area contributed by atoms with Crippen LogP contribution in [0.15, 0.2) is 15.9 Å². The van der Waals surface area contributed by atoms with E-state index in [2.05, 4.69) is 35.0 Å². The van der Waals surface area contributed by atoms with E-state index in [4.69, 9.17) is 0 Å². The predicted octanol–water partition coefficient (Wildman–Crippen LogP) is 11.6. The van der Waals surface area contributed by atoms with E-state index in [1.165, 1.54) is 153 Å². The number of unbranched alkanes of at least 4 members (excludes halogenated alkanes) is 17. The van der Waals surface area contributed by atoms with E-state index in [1.54, 1.807) is 0 Å². The highest BCUT2D eigenvalue weighted by Gasteiger charge is 2.13. The van der Waals surface area contributed by atoms with Crippen molar-refractivity contribution < 1.29 is 0 Å². The summed E-state index contributed by atoms with van der Waals surface area (Å²) in [6.45, 7) is 2.30. The van der Waals surface area contributed by atoms with Gasteiger partial charge in [0.1, 0.15) is 0 Å². The van der Waals surface area contributed by atoms with Crippen LogP contribution < -0.4 is 0 Å². The topological polar surface area (TPSA) is 0 Å². The third kappa shape index (κ3) is 12.9. The monoisotopic (exact) mass is 526 g/mol. The summed E-state index contributed by atoms with van der Waals surface area (Å²) in [4.78, 5) is 2.99. The summed E-state index contributed by atoms with van der Waals surface area (Å²) >= 11 is 7.75. The van der Waals surface area contributed by atoms with Crippen molar-refractivity contribution in [2.24, 2.45) is 0 Å². The first-order valence-electron chi connectivity index (χ1n) is 13.4. The Kier molecular flexibility index (Phi) is 16.6. The van der Waals surface area contributed by atoms with Crippen molar-refractivity contribution in [2.75, 3.05) is 5.75 Å². The molecular weight excluding hydrogens is 480 g/mol. The van der Waals surface area contributed by atoms with E-state index >= 15 is 0 Å². The zero-order chi connectivity index (χ0) is 22.0. The number of hydrogen-bond donors (Lipinski definition) is 0. The fraction of sp³-hybridized carbons (Fsp3) is 0.786. The van der Waals surface area contributed by atoms with Gasteiger partial charge in [0.25, 0.3) is 0 Å². The summed E-state index contributed by atoms with van der Waals surface area (Å²) in [6.07, 6.45) is 31.0. The van der Waals surface area contributed by atoms with Crippen molar-refractivity contribution in [2.45, 2.75) is 135 Å². The zero-order valence-electron chi connectivity index (χ0n) is 20.2. The van der Waals surface area contributed by atoms with Crippen molar-refractivity contribution in [1.82, 2.24) is 0 Å². The molecule has 0 saturated carbocycles. The average molecular weight is 528 g/mol. The fourth-order valence-electron chi connectivity index (χ4n) is 4.51. The second-order valence-electron chi connectivity index (χ2n) is 9.38. The van der Waals surface area contributed by atoms with E-state index in [1.807, 2.05) is 23.1 Å². The molecule has 1 aliphatic rings. The summed E-state index contributed by atoms with van der Waals surface area (Å²) in [7, 11) is 0. The molecule has 0 fully saturated rings. The molecule has 0 atom stereocenters. The smallest absolute Gasteiger partial charge is 0.0737 e. The second-order valence-corrected chi connectivity index (χ2v) is 12.9. The Morgan fingerprint density at radius 1 is 0.710 bits per heavy atom. The molecule has 31 heavy (non-hydrogen) atoms. The van der Waals surface area contributed by atoms with Crippen LogP contribution >= 0.6 is 39.0 Å². The van der Waals surface area contributed by atoms with Gasteiger partial charge in [0.2, 0.25) is 0 Å². The van der Waals surface area contributed by atoms with Crippen LogP contribution in [0.3, 0.4) is 0 Å². The molecule has 0 nitrogen and oxygen atoms in total. The van der Waals surface area contributed by atoms with Crippen molar-refractivity contribution in [3.63, 3.8) is 0 Å². The fourth-order valence-corrected chi connectivity index (χ4v) is 7.41. The van der Waals surface area contributed by atoms with Gasteiger partial charge in [-0.05, 0) is 46.8 Å². The van der Waals surface area contributed by atoms with Crippen molar-refractivity contribution in [3.8, 4) is 0 Å². The molecule has 1 aromatic rings. The molecule has 178 valence electrons. The van der Waals surface area contributed by atoms with Gasteiger partial charge < -0.3 is 0 Å². The summed E-state index contributed by atoms with van der Waals surface area (Å²) in [5.41, 5.74) is 1.53. The predicted molar refractivity (Wildman–Crippen MR) is 150 cm³/mol. The standard InChI is InChI=1S/C28H47BrS2/c1-2-3-4-5-6-7-8-9-10-11-12-13-14-15-16-17-18-19-21-25-24-27(31-28(25)29)26-22-20-23-30-26/h22,24H,2-21,23H2,1H3. The average Bonchev–Trinajstić information content (AvgIpc) is 3.43. The number of thioether (sulfide) groups is 1. The van der Waals surface area contributed by atoms with Gasteiger partial charge in [0.15, 0.2) is 0 Å². The Balaban J connectivity index is 1.32. The summed E-state index contributed by atoms with van der Waals surface area (Å²) in [6, 6.07) is 2.44.